The summed E-state index contributed by atoms with van der Waals surface area (Å²) in [6.45, 7) is 0.690. The minimum atomic E-state index is -1.46. The van der Waals surface area contributed by atoms with Crippen molar-refractivity contribution in [2.75, 3.05) is 6.54 Å². The first-order valence-electron chi connectivity index (χ1n) is 5.92. The molecule has 3 aliphatic heterocycles. The molecule has 3 atom stereocenters. The van der Waals surface area contributed by atoms with Gasteiger partial charge >= 0.3 is 6.16 Å². The van der Waals surface area contributed by atoms with Gasteiger partial charge in [0.2, 0.25) is 11.8 Å². The average molecular weight is 261 g/mol. The Labute approximate surface area is 108 Å². The Morgan fingerprint density at radius 2 is 2.42 bits per heavy atom. The number of ether oxygens (including phenoxy) is 1. The summed E-state index contributed by atoms with van der Waals surface area (Å²) in [6.07, 6.45) is 2.13. The van der Waals surface area contributed by atoms with E-state index in [1.807, 2.05) is 6.07 Å². The monoisotopic (exact) mass is 261 g/mol. The first-order valence-corrected chi connectivity index (χ1v) is 5.92. The number of carboxylic acid groups (broad SMARTS) is 1. The molecule has 7 nitrogen and oxygen atoms in total. The predicted molar refractivity (Wildman–Crippen MR) is 61.4 cm³/mol. The molecule has 0 aliphatic carbocycles. The van der Waals surface area contributed by atoms with Crippen molar-refractivity contribution in [1.82, 2.24) is 10.2 Å². The van der Waals surface area contributed by atoms with Gasteiger partial charge in [-0.1, -0.05) is 0 Å². The normalized spacial score (nSPS) is 32.1. The van der Waals surface area contributed by atoms with Crippen molar-refractivity contribution in [3.05, 3.63) is 23.6 Å². The number of piperidine rings is 1. The van der Waals surface area contributed by atoms with E-state index >= 15 is 0 Å². The third kappa shape index (κ3) is 1.54. The number of amides is 1. The summed E-state index contributed by atoms with van der Waals surface area (Å²) in [4.78, 5) is 24.1. The van der Waals surface area contributed by atoms with Gasteiger partial charge in [-0.15, -0.1) is 0 Å². The van der Waals surface area contributed by atoms with Crippen LogP contribution in [0.1, 0.15) is 6.42 Å². The molecule has 0 saturated carbocycles. The van der Waals surface area contributed by atoms with Crippen molar-refractivity contribution in [3.63, 3.8) is 0 Å². The lowest BCUT2D eigenvalue weighted by Gasteiger charge is -2.48. The van der Waals surface area contributed by atoms with E-state index in [1.54, 1.807) is 0 Å². The predicted octanol–water partition coefficient (Wildman–Crippen LogP) is 0.175. The van der Waals surface area contributed by atoms with Crippen molar-refractivity contribution >= 4 is 12.1 Å². The molecule has 0 aromatic carbocycles. The van der Waals surface area contributed by atoms with Gasteiger partial charge in [0.25, 0.3) is 0 Å². The molecule has 3 rings (SSSR count). The molecule has 0 aromatic heterocycles. The van der Waals surface area contributed by atoms with Gasteiger partial charge in [0, 0.05) is 17.6 Å². The Morgan fingerprint density at radius 1 is 1.63 bits per heavy atom. The van der Waals surface area contributed by atoms with Gasteiger partial charge in [-0.3, -0.25) is 9.69 Å². The van der Waals surface area contributed by atoms with Crippen LogP contribution in [-0.4, -0.2) is 40.7 Å². The summed E-state index contributed by atoms with van der Waals surface area (Å²) in [5, 5.41) is 20.5. The molecule has 7 heteroatoms. The number of hydrogen-bond donors (Lipinski definition) is 2. The standard InChI is InChI=1S/C12H11N3O4/c13-4-1-2-7-6-3-5-14-8-9(6)15(10(8)16)11(7)19-12(17)18/h1-2,6,8-9,14H,3,5H2,(H,17,18)/b2-1-/t6?,8-,9+/m0/s1. The Bertz CT molecular complexity index is 560. The second kappa shape index (κ2) is 4.10. The lowest BCUT2D eigenvalue weighted by atomic mass is 9.79. The number of β-lactam (4-membered cyclic amide) rings is 1. The van der Waals surface area contributed by atoms with E-state index in [9.17, 15) is 9.59 Å². The number of nitriles is 1. The van der Waals surface area contributed by atoms with Gasteiger partial charge in [-0.05, 0) is 19.0 Å². The van der Waals surface area contributed by atoms with Gasteiger partial charge in [0.1, 0.15) is 6.04 Å². The maximum Gasteiger partial charge on any atom is 0.512 e. The maximum absolute atomic E-state index is 11.9. The van der Waals surface area contributed by atoms with E-state index in [-0.39, 0.29) is 29.8 Å². The fraction of sp³-hybridized carbons (Fsp3) is 0.417. The summed E-state index contributed by atoms with van der Waals surface area (Å²) in [6, 6.07) is 1.51. The largest absolute Gasteiger partial charge is 0.512 e. The summed E-state index contributed by atoms with van der Waals surface area (Å²) < 4.78 is 4.75. The number of hydrogen-bond acceptors (Lipinski definition) is 5. The van der Waals surface area contributed by atoms with Gasteiger partial charge in [-0.25, -0.2) is 4.79 Å². The van der Waals surface area contributed by atoms with Gasteiger partial charge < -0.3 is 15.2 Å². The smallest absolute Gasteiger partial charge is 0.449 e. The van der Waals surface area contributed by atoms with Crippen LogP contribution in [0.25, 0.3) is 0 Å². The molecule has 0 radical (unpaired) electrons. The van der Waals surface area contributed by atoms with Crippen molar-refractivity contribution in [2.45, 2.75) is 18.5 Å². The van der Waals surface area contributed by atoms with Crippen LogP contribution in [0.2, 0.25) is 0 Å². The van der Waals surface area contributed by atoms with E-state index < -0.39 is 6.16 Å². The number of nitrogens with one attached hydrogen (secondary N) is 1. The highest BCUT2D eigenvalue weighted by Crippen LogP contribution is 2.46. The highest BCUT2D eigenvalue weighted by atomic mass is 16.7. The Kier molecular flexibility index (Phi) is 2.54. The van der Waals surface area contributed by atoms with Crippen LogP contribution in [0, 0.1) is 17.2 Å². The molecule has 0 spiro atoms. The lowest BCUT2D eigenvalue weighted by Crippen LogP contribution is -2.71. The van der Waals surface area contributed by atoms with Crippen molar-refractivity contribution in [2.24, 2.45) is 5.92 Å². The molecule has 2 saturated heterocycles. The molecule has 3 aliphatic rings. The van der Waals surface area contributed by atoms with Crippen molar-refractivity contribution in [3.8, 4) is 6.07 Å². The summed E-state index contributed by atoms with van der Waals surface area (Å²) in [5.41, 5.74) is 0.617. The molecule has 98 valence electrons. The summed E-state index contributed by atoms with van der Waals surface area (Å²) in [7, 11) is 0. The zero-order chi connectivity index (χ0) is 13.6. The molecule has 0 aromatic rings. The van der Waals surface area contributed by atoms with Crippen LogP contribution in [0.3, 0.4) is 0 Å². The maximum atomic E-state index is 11.9. The van der Waals surface area contributed by atoms with Crippen LogP contribution >= 0.6 is 0 Å². The molecule has 19 heavy (non-hydrogen) atoms. The first-order chi connectivity index (χ1) is 9.15. The third-order valence-electron chi connectivity index (χ3n) is 3.76. The second-order valence-electron chi connectivity index (χ2n) is 4.62. The molecular weight excluding hydrogens is 250 g/mol. The van der Waals surface area contributed by atoms with Crippen molar-refractivity contribution in [1.29, 1.82) is 5.26 Å². The molecular formula is C12H11N3O4. The van der Waals surface area contributed by atoms with Gasteiger partial charge in [0.05, 0.1) is 12.1 Å². The minimum Gasteiger partial charge on any atom is -0.449 e. The number of rotatable bonds is 2. The highest BCUT2D eigenvalue weighted by Gasteiger charge is 2.60. The van der Waals surface area contributed by atoms with Crippen LogP contribution in [0.5, 0.6) is 0 Å². The number of nitrogens with zero attached hydrogens (tertiary/aromatic N) is 2. The Hall–Kier alpha value is -2.33. The Balaban J connectivity index is 2.01. The average Bonchev–Trinajstić information content (AvgIpc) is 2.67. The quantitative estimate of drug-likeness (QED) is 0.417. The van der Waals surface area contributed by atoms with E-state index in [4.69, 9.17) is 15.1 Å². The van der Waals surface area contributed by atoms with E-state index in [0.29, 0.717) is 12.1 Å². The van der Waals surface area contributed by atoms with E-state index in [0.717, 1.165) is 6.42 Å². The van der Waals surface area contributed by atoms with Gasteiger partial charge in [-0.2, -0.15) is 5.26 Å². The number of carbonyl (C=O) groups is 2. The molecule has 1 amide bonds. The fourth-order valence-corrected chi connectivity index (χ4v) is 3.08. The van der Waals surface area contributed by atoms with Crippen LogP contribution in [-0.2, 0) is 9.53 Å². The number of carbonyl (C=O) groups excluding carboxylic acids is 1. The van der Waals surface area contributed by atoms with Crippen LogP contribution < -0.4 is 5.32 Å². The van der Waals surface area contributed by atoms with Gasteiger partial charge in [0.15, 0.2) is 0 Å². The first kappa shape index (κ1) is 11.7. The third-order valence-corrected chi connectivity index (χ3v) is 3.76. The Morgan fingerprint density at radius 3 is 3.11 bits per heavy atom. The van der Waals surface area contributed by atoms with Crippen molar-refractivity contribution < 1.29 is 19.4 Å². The van der Waals surface area contributed by atoms with Crippen LogP contribution in [0.15, 0.2) is 23.6 Å². The molecule has 3 heterocycles. The summed E-state index contributed by atoms with van der Waals surface area (Å²) in [5.74, 6) is -0.0897. The zero-order valence-corrected chi connectivity index (χ0v) is 9.87. The SMILES string of the molecule is N#C/C=C\C1=C(OC(=O)O)N2C(=O)[C@H]3NCCC1[C@H]32. The second-order valence-corrected chi connectivity index (χ2v) is 4.62. The zero-order valence-electron chi connectivity index (χ0n) is 9.87. The van der Waals surface area contributed by atoms with Crippen LogP contribution in [0.4, 0.5) is 4.79 Å². The number of allylic oxidation sites excluding steroid dienone is 2. The topological polar surface area (TPSA) is 103 Å². The molecule has 2 fully saturated rings. The van der Waals surface area contributed by atoms with E-state index in [1.165, 1.54) is 17.1 Å². The lowest BCUT2D eigenvalue weighted by molar-refractivity contribution is -0.152. The van der Waals surface area contributed by atoms with E-state index in [2.05, 4.69) is 5.32 Å². The molecule has 0 bridgehead atoms. The highest BCUT2D eigenvalue weighted by molar-refractivity contribution is 5.93. The fourth-order valence-electron chi connectivity index (χ4n) is 3.08. The minimum absolute atomic E-state index is 0.0305. The molecule has 2 N–H and O–H groups in total. The summed E-state index contributed by atoms with van der Waals surface area (Å²) >= 11 is 0. The molecule has 1 unspecified atom stereocenters.